The summed E-state index contributed by atoms with van der Waals surface area (Å²) in [5, 5.41) is 0.308. The fourth-order valence-corrected chi connectivity index (χ4v) is 3.76. The minimum Gasteiger partial charge on any atom is -0.500 e. The number of hydrogen-bond donors (Lipinski definition) is 1. The van der Waals surface area contributed by atoms with Crippen molar-refractivity contribution < 1.29 is 9.13 Å². The van der Waals surface area contributed by atoms with Crippen molar-refractivity contribution in [1.82, 2.24) is 0 Å². The van der Waals surface area contributed by atoms with Gasteiger partial charge in [0, 0.05) is 4.91 Å². The summed E-state index contributed by atoms with van der Waals surface area (Å²) >= 11 is 1.83. The first-order valence-corrected chi connectivity index (χ1v) is 9.04. The maximum Gasteiger partial charge on any atom is 0.148 e. The molecule has 1 aliphatic carbocycles. The monoisotopic (exact) mass is 327 g/mol. The van der Waals surface area contributed by atoms with Crippen molar-refractivity contribution >= 4 is 11.8 Å². The van der Waals surface area contributed by atoms with E-state index in [1.165, 1.54) is 10.5 Å². The molecule has 0 bridgehead atoms. The van der Waals surface area contributed by atoms with Crippen LogP contribution in [-0.4, -0.2) is 18.7 Å². The lowest BCUT2D eigenvalue weighted by Gasteiger charge is -2.23. The molecule has 0 aliphatic heterocycles. The molecule has 0 aromatic carbocycles. The van der Waals surface area contributed by atoms with E-state index in [4.69, 9.17) is 10.5 Å². The molecule has 0 spiro atoms. The predicted molar refractivity (Wildman–Crippen MR) is 95.3 cm³/mol. The Hall–Kier alpha value is -0.740. The zero-order chi connectivity index (χ0) is 16.5. The molecular weight excluding hydrogens is 297 g/mol. The summed E-state index contributed by atoms with van der Waals surface area (Å²) in [5.74, 6) is 1.48. The third-order valence-electron chi connectivity index (χ3n) is 3.99. The van der Waals surface area contributed by atoms with E-state index in [2.05, 4.69) is 39.0 Å². The van der Waals surface area contributed by atoms with Crippen molar-refractivity contribution in [2.24, 2.45) is 11.7 Å². The van der Waals surface area contributed by atoms with Crippen molar-refractivity contribution in [3.63, 3.8) is 0 Å². The highest BCUT2D eigenvalue weighted by Gasteiger charge is 2.18. The Morgan fingerprint density at radius 1 is 1.59 bits per heavy atom. The van der Waals surface area contributed by atoms with Gasteiger partial charge < -0.3 is 10.5 Å². The lowest BCUT2D eigenvalue weighted by molar-refractivity contribution is 0.281. The molecule has 2 N–H and O–H groups in total. The van der Waals surface area contributed by atoms with Gasteiger partial charge in [-0.25, -0.2) is 4.39 Å². The summed E-state index contributed by atoms with van der Waals surface area (Å²) in [6.07, 6.45) is 9.90. The van der Waals surface area contributed by atoms with Crippen molar-refractivity contribution in [1.29, 1.82) is 0 Å². The van der Waals surface area contributed by atoms with E-state index in [0.717, 1.165) is 31.4 Å². The molecule has 2 nitrogen and oxygen atoms in total. The Kier molecular flexibility index (Phi) is 8.88. The van der Waals surface area contributed by atoms with Gasteiger partial charge in [0.25, 0.3) is 0 Å². The lowest BCUT2D eigenvalue weighted by Crippen LogP contribution is -2.16. The lowest BCUT2D eigenvalue weighted by atomic mass is 9.88. The average Bonchev–Trinajstić information content (AvgIpc) is 2.47. The minimum atomic E-state index is -1.19. The highest BCUT2D eigenvalue weighted by molar-refractivity contribution is 8.04. The van der Waals surface area contributed by atoms with Gasteiger partial charge in [-0.05, 0) is 57.6 Å². The van der Waals surface area contributed by atoms with Gasteiger partial charge in [-0.1, -0.05) is 25.0 Å². The number of hydrogen-bond acceptors (Lipinski definition) is 3. The molecule has 126 valence electrons. The van der Waals surface area contributed by atoms with Gasteiger partial charge in [0.05, 0.1) is 12.4 Å². The molecule has 0 aromatic rings. The quantitative estimate of drug-likeness (QED) is 0.459. The van der Waals surface area contributed by atoms with Crippen molar-refractivity contribution in [2.45, 2.75) is 64.4 Å². The van der Waals surface area contributed by atoms with E-state index in [1.54, 1.807) is 7.11 Å². The van der Waals surface area contributed by atoms with E-state index in [0.29, 0.717) is 17.6 Å². The van der Waals surface area contributed by atoms with E-state index in [1.807, 2.05) is 11.8 Å². The van der Waals surface area contributed by atoms with Crippen LogP contribution in [0.3, 0.4) is 0 Å². The van der Waals surface area contributed by atoms with Crippen molar-refractivity contribution in [2.75, 3.05) is 7.11 Å². The van der Waals surface area contributed by atoms with Gasteiger partial charge >= 0.3 is 0 Å². The summed E-state index contributed by atoms with van der Waals surface area (Å²) < 4.78 is 18.3. The van der Waals surface area contributed by atoms with Gasteiger partial charge in [-0.3, -0.25) is 0 Å². The van der Waals surface area contributed by atoms with Crippen LogP contribution < -0.4 is 5.73 Å². The normalized spacial score (nSPS) is 21.9. The molecule has 22 heavy (non-hydrogen) atoms. The Morgan fingerprint density at radius 3 is 2.86 bits per heavy atom. The molecule has 3 atom stereocenters. The number of halogens is 1. The number of thioether (sulfide) groups is 1. The highest BCUT2D eigenvalue weighted by Crippen LogP contribution is 2.36. The third kappa shape index (κ3) is 6.57. The van der Waals surface area contributed by atoms with E-state index in [9.17, 15) is 4.39 Å². The first-order chi connectivity index (χ1) is 10.5. The van der Waals surface area contributed by atoms with Crippen molar-refractivity contribution in [3.8, 4) is 0 Å². The number of unbranched alkanes of at least 4 members (excludes halogenated alkanes) is 1. The second kappa shape index (κ2) is 10.1. The van der Waals surface area contributed by atoms with Crippen LogP contribution in [0.25, 0.3) is 0 Å². The molecule has 0 saturated carbocycles. The highest BCUT2D eigenvalue weighted by atomic mass is 32.2. The fraction of sp³-hybridized carbons (Fsp3) is 0.667. The van der Waals surface area contributed by atoms with Gasteiger partial charge in [0.2, 0.25) is 0 Å². The standard InChI is InChI=1S/C18H30FNOS/c1-5-6-7-17(21-4)14(3)22-16-10-8-15(13(2)12-16)9-11-18(19)20/h7,10,12,14-15,18H,5-6,8-9,11,20H2,1-4H3/b17-7+. The summed E-state index contributed by atoms with van der Waals surface area (Å²) in [4.78, 5) is 1.28. The topological polar surface area (TPSA) is 35.2 Å². The van der Waals surface area contributed by atoms with Crippen LogP contribution in [0.2, 0.25) is 0 Å². The molecule has 1 rings (SSSR count). The molecule has 3 unspecified atom stereocenters. The Balaban J connectivity index is 2.57. The van der Waals surface area contributed by atoms with Gasteiger partial charge in [0.15, 0.2) is 0 Å². The van der Waals surface area contributed by atoms with Gasteiger partial charge in [-0.2, -0.15) is 0 Å². The summed E-state index contributed by atoms with van der Waals surface area (Å²) in [5.41, 5.74) is 6.54. The van der Waals surface area contributed by atoms with Crippen LogP contribution >= 0.6 is 11.8 Å². The van der Waals surface area contributed by atoms with Gasteiger partial charge in [-0.15, -0.1) is 11.8 Å². The molecule has 0 fully saturated rings. The maximum atomic E-state index is 12.8. The third-order valence-corrected chi connectivity index (χ3v) is 5.13. The Morgan fingerprint density at radius 2 is 2.32 bits per heavy atom. The van der Waals surface area contributed by atoms with E-state index >= 15 is 0 Å². The molecular formula is C18H30FNOS. The summed E-state index contributed by atoms with van der Waals surface area (Å²) in [6.45, 7) is 6.48. The van der Waals surface area contributed by atoms with Crippen LogP contribution in [-0.2, 0) is 4.74 Å². The van der Waals surface area contributed by atoms with Crippen LogP contribution in [0.15, 0.2) is 34.5 Å². The molecule has 1 aliphatic rings. The molecule has 0 aromatic heterocycles. The summed E-state index contributed by atoms with van der Waals surface area (Å²) in [6, 6.07) is 0. The average molecular weight is 328 g/mol. The van der Waals surface area contributed by atoms with Crippen LogP contribution in [0, 0.1) is 5.92 Å². The first-order valence-electron chi connectivity index (χ1n) is 8.16. The van der Waals surface area contributed by atoms with Crippen molar-refractivity contribution in [3.05, 3.63) is 34.5 Å². The number of rotatable bonds is 9. The fourth-order valence-electron chi connectivity index (χ4n) is 2.60. The maximum absolute atomic E-state index is 12.8. The largest absolute Gasteiger partial charge is 0.500 e. The molecule has 0 saturated heterocycles. The molecule has 4 heteroatoms. The summed E-state index contributed by atoms with van der Waals surface area (Å²) in [7, 11) is 1.74. The van der Waals surface area contributed by atoms with E-state index in [-0.39, 0.29) is 0 Å². The molecule has 0 amide bonds. The van der Waals surface area contributed by atoms with Crippen LogP contribution in [0.4, 0.5) is 4.39 Å². The van der Waals surface area contributed by atoms with E-state index < -0.39 is 6.30 Å². The zero-order valence-corrected chi connectivity index (χ0v) is 15.1. The smallest absolute Gasteiger partial charge is 0.148 e. The number of ether oxygens (including phenoxy) is 1. The number of methoxy groups -OCH3 is 1. The predicted octanol–water partition coefficient (Wildman–Crippen LogP) is 5.32. The van der Waals surface area contributed by atoms with Gasteiger partial charge in [0.1, 0.15) is 12.1 Å². The first kappa shape index (κ1) is 19.3. The number of nitrogens with two attached hydrogens (primary N) is 1. The molecule has 0 radical (unpaired) electrons. The zero-order valence-electron chi connectivity index (χ0n) is 14.3. The minimum absolute atomic E-state index is 0.308. The Labute approximate surface area is 139 Å². The second-order valence-corrected chi connectivity index (χ2v) is 7.29. The number of alkyl halides is 1. The molecule has 0 heterocycles. The van der Waals surface area contributed by atoms with Crippen LogP contribution in [0.1, 0.15) is 52.9 Å². The Bertz CT molecular complexity index is 429. The second-order valence-electron chi connectivity index (χ2n) is 5.88. The SMILES string of the molecule is CCC/C=C(/OC)C(C)SC1=CCC(CCC(N)F)C(C)=C1. The number of allylic oxidation sites excluding steroid dienone is 4. The van der Waals surface area contributed by atoms with Crippen LogP contribution in [0.5, 0.6) is 0 Å².